The van der Waals surface area contributed by atoms with Crippen molar-refractivity contribution < 1.29 is 0 Å². The van der Waals surface area contributed by atoms with Crippen LogP contribution in [0.4, 0.5) is 5.13 Å². The Morgan fingerprint density at radius 2 is 2.13 bits per heavy atom. The molecule has 3 heterocycles. The number of hydrogen-bond acceptors (Lipinski definition) is 4. The summed E-state index contributed by atoms with van der Waals surface area (Å²) in [6, 6.07) is 8.86. The lowest BCUT2D eigenvalue weighted by Gasteiger charge is -2.32. The Bertz CT molecular complexity index is 771. The van der Waals surface area contributed by atoms with Crippen molar-refractivity contribution in [2.75, 3.05) is 18.0 Å². The molecule has 0 N–H and O–H groups in total. The molecule has 5 heteroatoms. The Hall–Kier alpha value is -1.88. The quantitative estimate of drug-likeness (QED) is 0.713. The number of nitrogens with zero attached hydrogens (tertiary/aromatic N) is 4. The van der Waals surface area contributed by atoms with E-state index in [2.05, 4.69) is 58.8 Å². The Labute approximate surface area is 140 Å². The zero-order valence-electron chi connectivity index (χ0n) is 13.6. The SMILES string of the molecule is CC(C)n1ccnc1[C@H]1CCCN(c2nc3ccccc3s2)C1. The van der Waals surface area contributed by atoms with Crippen molar-refractivity contribution in [1.82, 2.24) is 14.5 Å². The fourth-order valence-electron chi connectivity index (χ4n) is 3.43. The van der Waals surface area contributed by atoms with E-state index in [1.807, 2.05) is 6.20 Å². The summed E-state index contributed by atoms with van der Waals surface area (Å²) in [7, 11) is 0. The molecule has 23 heavy (non-hydrogen) atoms. The standard InChI is InChI=1S/C18H22N4S/c1-13(2)22-11-9-19-17(22)14-6-5-10-21(12-14)18-20-15-7-3-4-8-16(15)23-18/h3-4,7-9,11,13-14H,5-6,10,12H2,1-2H3/t14-/m0/s1. The molecule has 0 amide bonds. The van der Waals surface area contributed by atoms with E-state index in [1.165, 1.54) is 23.4 Å². The molecule has 1 aliphatic rings. The maximum absolute atomic E-state index is 4.83. The van der Waals surface area contributed by atoms with Gasteiger partial charge in [0.1, 0.15) is 5.82 Å². The molecule has 1 aliphatic heterocycles. The van der Waals surface area contributed by atoms with Crippen LogP contribution < -0.4 is 4.90 Å². The second-order valence-electron chi connectivity index (χ2n) is 6.54. The van der Waals surface area contributed by atoms with E-state index >= 15 is 0 Å². The van der Waals surface area contributed by atoms with Crippen molar-refractivity contribution in [1.29, 1.82) is 0 Å². The van der Waals surface area contributed by atoms with Crippen molar-refractivity contribution in [2.45, 2.75) is 38.6 Å². The minimum Gasteiger partial charge on any atom is -0.347 e. The average Bonchev–Trinajstić information content (AvgIpc) is 3.21. The number of para-hydroxylation sites is 1. The molecule has 0 bridgehead atoms. The molecule has 0 aliphatic carbocycles. The van der Waals surface area contributed by atoms with Crippen LogP contribution in [0.15, 0.2) is 36.7 Å². The van der Waals surface area contributed by atoms with Crippen molar-refractivity contribution in [2.24, 2.45) is 0 Å². The third-order valence-corrected chi connectivity index (χ3v) is 5.69. The number of piperidine rings is 1. The van der Waals surface area contributed by atoms with Gasteiger partial charge >= 0.3 is 0 Å². The lowest BCUT2D eigenvalue weighted by atomic mass is 9.97. The van der Waals surface area contributed by atoms with Gasteiger partial charge in [-0.1, -0.05) is 23.5 Å². The summed E-state index contributed by atoms with van der Waals surface area (Å²) < 4.78 is 3.58. The van der Waals surface area contributed by atoms with Gasteiger partial charge in [0.2, 0.25) is 0 Å². The van der Waals surface area contributed by atoms with Gasteiger partial charge in [-0.15, -0.1) is 0 Å². The van der Waals surface area contributed by atoms with E-state index in [0.717, 1.165) is 23.7 Å². The van der Waals surface area contributed by atoms with Gasteiger partial charge in [0.25, 0.3) is 0 Å². The first-order valence-electron chi connectivity index (χ1n) is 8.35. The van der Waals surface area contributed by atoms with Crippen LogP contribution in [0.2, 0.25) is 0 Å². The molecule has 1 fully saturated rings. The highest BCUT2D eigenvalue weighted by atomic mass is 32.1. The average molecular weight is 326 g/mol. The fraction of sp³-hybridized carbons (Fsp3) is 0.444. The molecule has 3 aromatic rings. The minimum atomic E-state index is 0.463. The molecule has 0 saturated carbocycles. The first-order chi connectivity index (χ1) is 11.2. The van der Waals surface area contributed by atoms with E-state index < -0.39 is 0 Å². The first kappa shape index (κ1) is 14.7. The van der Waals surface area contributed by atoms with Crippen LogP contribution >= 0.6 is 11.3 Å². The number of imidazole rings is 1. The van der Waals surface area contributed by atoms with Gasteiger partial charge in [-0.3, -0.25) is 0 Å². The molecule has 4 nitrogen and oxygen atoms in total. The second kappa shape index (κ2) is 5.96. The summed E-state index contributed by atoms with van der Waals surface area (Å²) >= 11 is 1.80. The van der Waals surface area contributed by atoms with Crippen LogP contribution in [0.25, 0.3) is 10.2 Å². The summed E-state index contributed by atoms with van der Waals surface area (Å²) in [6.07, 6.45) is 6.46. The first-order valence-corrected chi connectivity index (χ1v) is 9.17. The molecule has 0 radical (unpaired) electrons. The van der Waals surface area contributed by atoms with E-state index in [9.17, 15) is 0 Å². The summed E-state index contributed by atoms with van der Waals surface area (Å²) in [5.41, 5.74) is 1.11. The number of rotatable bonds is 3. The molecular formula is C18H22N4S. The van der Waals surface area contributed by atoms with Crippen LogP contribution in [0, 0.1) is 0 Å². The summed E-state index contributed by atoms with van der Waals surface area (Å²) in [4.78, 5) is 11.9. The van der Waals surface area contributed by atoms with Crippen LogP contribution in [-0.4, -0.2) is 27.6 Å². The van der Waals surface area contributed by atoms with Crippen molar-refractivity contribution in [3.05, 3.63) is 42.5 Å². The molecule has 0 unspecified atom stereocenters. The van der Waals surface area contributed by atoms with Gasteiger partial charge < -0.3 is 9.47 Å². The molecule has 1 aromatic carbocycles. The predicted octanol–water partition coefficient (Wildman–Crippen LogP) is 4.46. The molecular weight excluding hydrogens is 304 g/mol. The summed E-state index contributed by atoms with van der Waals surface area (Å²) in [6.45, 7) is 6.56. The van der Waals surface area contributed by atoms with Gasteiger partial charge in [-0.25, -0.2) is 9.97 Å². The van der Waals surface area contributed by atoms with Crippen molar-refractivity contribution in [3.63, 3.8) is 0 Å². The van der Waals surface area contributed by atoms with Crippen molar-refractivity contribution >= 4 is 26.7 Å². The lowest BCUT2D eigenvalue weighted by molar-refractivity contribution is 0.455. The highest BCUT2D eigenvalue weighted by molar-refractivity contribution is 7.22. The number of thiazole rings is 1. The van der Waals surface area contributed by atoms with Crippen LogP contribution in [0.5, 0.6) is 0 Å². The monoisotopic (exact) mass is 326 g/mol. The van der Waals surface area contributed by atoms with Gasteiger partial charge in [0, 0.05) is 37.4 Å². The summed E-state index contributed by atoms with van der Waals surface area (Å²) in [5, 5.41) is 1.15. The number of aromatic nitrogens is 3. The molecule has 1 atom stereocenters. The molecule has 120 valence electrons. The smallest absolute Gasteiger partial charge is 0.186 e. The molecule has 2 aromatic heterocycles. The van der Waals surface area contributed by atoms with Gasteiger partial charge in [0.15, 0.2) is 5.13 Å². The second-order valence-corrected chi connectivity index (χ2v) is 7.54. The van der Waals surface area contributed by atoms with E-state index in [-0.39, 0.29) is 0 Å². The highest BCUT2D eigenvalue weighted by Crippen LogP contribution is 2.34. The lowest BCUT2D eigenvalue weighted by Crippen LogP contribution is -2.35. The third-order valence-electron chi connectivity index (χ3n) is 4.59. The maximum atomic E-state index is 4.83. The largest absolute Gasteiger partial charge is 0.347 e. The topological polar surface area (TPSA) is 34.0 Å². The predicted molar refractivity (Wildman–Crippen MR) is 96.4 cm³/mol. The highest BCUT2D eigenvalue weighted by Gasteiger charge is 2.26. The number of anilines is 1. The number of hydrogen-bond donors (Lipinski definition) is 0. The normalized spacial score (nSPS) is 18.9. The van der Waals surface area contributed by atoms with Gasteiger partial charge in [-0.2, -0.15) is 0 Å². The fourth-order valence-corrected chi connectivity index (χ4v) is 4.43. The number of fused-ring (bicyclic) bond motifs is 1. The third kappa shape index (κ3) is 2.74. The van der Waals surface area contributed by atoms with Gasteiger partial charge in [-0.05, 0) is 38.8 Å². The molecule has 1 saturated heterocycles. The Morgan fingerprint density at radius 1 is 1.26 bits per heavy atom. The van der Waals surface area contributed by atoms with E-state index in [0.29, 0.717) is 12.0 Å². The van der Waals surface area contributed by atoms with Crippen LogP contribution in [0.1, 0.15) is 44.5 Å². The van der Waals surface area contributed by atoms with Crippen LogP contribution in [-0.2, 0) is 0 Å². The van der Waals surface area contributed by atoms with E-state index in [1.54, 1.807) is 11.3 Å². The Morgan fingerprint density at radius 3 is 2.96 bits per heavy atom. The zero-order valence-corrected chi connectivity index (χ0v) is 14.5. The van der Waals surface area contributed by atoms with Crippen molar-refractivity contribution in [3.8, 4) is 0 Å². The zero-order chi connectivity index (χ0) is 15.8. The van der Waals surface area contributed by atoms with Gasteiger partial charge in [0.05, 0.1) is 10.2 Å². The van der Waals surface area contributed by atoms with Crippen LogP contribution in [0.3, 0.4) is 0 Å². The minimum absolute atomic E-state index is 0.463. The Kier molecular flexibility index (Phi) is 3.81. The molecule has 0 spiro atoms. The van der Waals surface area contributed by atoms with E-state index in [4.69, 9.17) is 4.98 Å². The Balaban J connectivity index is 1.60. The maximum Gasteiger partial charge on any atom is 0.186 e. The molecule has 4 rings (SSSR count). The summed E-state index contributed by atoms with van der Waals surface area (Å²) in [5.74, 6) is 1.72. The number of benzene rings is 1.